The fraction of sp³-hybridized carbons (Fsp3) is 0.444. The Kier molecular flexibility index (Phi) is 4.68. The fourth-order valence-corrected chi connectivity index (χ4v) is 5.33. The summed E-state index contributed by atoms with van der Waals surface area (Å²) in [5.41, 5.74) is 2.91. The van der Waals surface area contributed by atoms with Gasteiger partial charge in [-0.05, 0) is 6.92 Å². The zero-order valence-electron chi connectivity index (χ0n) is 15.8. The van der Waals surface area contributed by atoms with E-state index in [1.807, 2.05) is 23.1 Å². The quantitative estimate of drug-likeness (QED) is 0.216. The summed E-state index contributed by atoms with van der Waals surface area (Å²) in [6, 6.07) is -0.350. The summed E-state index contributed by atoms with van der Waals surface area (Å²) in [6.07, 6.45) is 2.76. The second-order valence-electron chi connectivity index (χ2n) is 7.50. The fourth-order valence-electron chi connectivity index (χ4n) is 4.40. The first-order chi connectivity index (χ1) is 13.7. The molecule has 4 rings (SSSR count). The van der Waals surface area contributed by atoms with Crippen LogP contribution in [0.2, 0.25) is 0 Å². The largest absolute Gasteiger partial charge is 0.477 e. The molecule has 2 aromatic rings. The highest BCUT2D eigenvalue weighted by molar-refractivity contribution is 7.15. The van der Waals surface area contributed by atoms with Crippen molar-refractivity contribution in [2.45, 2.75) is 39.0 Å². The highest BCUT2D eigenvalue weighted by Gasteiger charge is 2.60. The minimum absolute atomic E-state index is 0.00504. The van der Waals surface area contributed by atoms with Gasteiger partial charge in [0.25, 0.3) is 5.91 Å². The van der Waals surface area contributed by atoms with Gasteiger partial charge in [-0.1, -0.05) is 18.3 Å². The third-order valence-corrected chi connectivity index (χ3v) is 6.67. The Bertz CT molecular complexity index is 1050. The smallest absolute Gasteiger partial charge is 0.352 e. The lowest BCUT2D eigenvalue weighted by atomic mass is 9.78. The Morgan fingerprint density at radius 1 is 1.41 bits per heavy atom. The van der Waals surface area contributed by atoms with Crippen molar-refractivity contribution in [2.24, 2.45) is 11.8 Å². The van der Waals surface area contributed by atoms with E-state index in [4.69, 9.17) is 5.21 Å². The SMILES string of the molecule is C[C@@H](O)[C@H]1C(=O)N2C(C(=O)O)=C(C[n+]3cc4scc(CC(=O)NO)n4c3)[C@H](C)[C@H]12. The second-order valence-corrected chi connectivity index (χ2v) is 8.39. The molecule has 10 nitrogen and oxygen atoms in total. The van der Waals surface area contributed by atoms with Gasteiger partial charge in [0.1, 0.15) is 24.1 Å². The van der Waals surface area contributed by atoms with Crippen molar-refractivity contribution in [3.63, 3.8) is 0 Å². The molecule has 0 unspecified atom stereocenters. The number of carboxylic acid groups (broad SMARTS) is 1. The van der Waals surface area contributed by atoms with Gasteiger partial charge in [-0.3, -0.25) is 14.8 Å². The molecule has 0 aromatic carbocycles. The van der Waals surface area contributed by atoms with Crippen LogP contribution in [0.15, 0.2) is 29.2 Å². The number of carbonyl (C=O) groups excluding carboxylic acids is 2. The van der Waals surface area contributed by atoms with Crippen molar-refractivity contribution in [1.82, 2.24) is 14.8 Å². The summed E-state index contributed by atoms with van der Waals surface area (Å²) >= 11 is 1.42. The number of hydroxylamine groups is 1. The molecule has 4 N–H and O–H groups in total. The zero-order chi connectivity index (χ0) is 21.0. The van der Waals surface area contributed by atoms with Crippen LogP contribution in [0.1, 0.15) is 19.5 Å². The number of hydrogen-bond donors (Lipinski definition) is 4. The highest BCUT2D eigenvalue weighted by Crippen LogP contribution is 2.47. The molecule has 0 bridgehead atoms. The molecule has 2 aromatic heterocycles. The van der Waals surface area contributed by atoms with Gasteiger partial charge in [0.05, 0.1) is 24.5 Å². The predicted octanol–water partition coefficient (Wildman–Crippen LogP) is -0.468. The normalized spacial score (nSPS) is 24.6. The van der Waals surface area contributed by atoms with Gasteiger partial charge in [-0.15, -0.1) is 0 Å². The molecule has 0 radical (unpaired) electrons. The Labute approximate surface area is 169 Å². The van der Waals surface area contributed by atoms with Gasteiger partial charge < -0.3 is 15.1 Å². The molecule has 1 saturated heterocycles. The number of amides is 2. The zero-order valence-corrected chi connectivity index (χ0v) is 16.6. The van der Waals surface area contributed by atoms with Gasteiger partial charge in [-0.2, -0.15) is 4.40 Å². The van der Waals surface area contributed by atoms with E-state index in [0.29, 0.717) is 11.3 Å². The van der Waals surface area contributed by atoms with Crippen LogP contribution in [0.5, 0.6) is 0 Å². The average Bonchev–Trinajstić information content (AvgIpc) is 3.28. The first-order valence-corrected chi connectivity index (χ1v) is 10.0. The monoisotopic (exact) mass is 421 g/mol. The van der Waals surface area contributed by atoms with Crippen LogP contribution in [-0.4, -0.2) is 54.7 Å². The van der Waals surface area contributed by atoms with Gasteiger partial charge in [0.15, 0.2) is 0 Å². The highest BCUT2D eigenvalue weighted by atomic mass is 32.1. The molecule has 4 heterocycles. The summed E-state index contributed by atoms with van der Waals surface area (Å²) in [6.45, 7) is 3.70. The molecule has 2 aliphatic heterocycles. The summed E-state index contributed by atoms with van der Waals surface area (Å²) < 4.78 is 3.62. The first kappa shape index (κ1) is 19.6. The molecular weight excluding hydrogens is 400 g/mol. The predicted molar refractivity (Wildman–Crippen MR) is 98.7 cm³/mol. The van der Waals surface area contributed by atoms with Crippen molar-refractivity contribution < 1.29 is 34.4 Å². The van der Waals surface area contributed by atoms with Crippen molar-refractivity contribution in [3.8, 4) is 0 Å². The maximum atomic E-state index is 12.4. The van der Waals surface area contributed by atoms with E-state index >= 15 is 0 Å². The van der Waals surface area contributed by atoms with E-state index < -0.39 is 23.9 Å². The number of imidazole rings is 1. The first-order valence-electron chi connectivity index (χ1n) is 9.12. The van der Waals surface area contributed by atoms with E-state index in [1.165, 1.54) is 16.2 Å². The molecular formula is C18H21N4O6S+. The Hall–Kier alpha value is -2.76. The van der Waals surface area contributed by atoms with Crippen LogP contribution >= 0.6 is 11.3 Å². The number of aliphatic hydroxyl groups is 1. The number of nitrogens with one attached hydrogen (secondary N) is 1. The minimum Gasteiger partial charge on any atom is -0.477 e. The van der Waals surface area contributed by atoms with Crippen LogP contribution in [0.4, 0.5) is 0 Å². The number of rotatable bonds is 6. The molecule has 2 aliphatic rings. The van der Waals surface area contributed by atoms with Gasteiger partial charge in [0, 0.05) is 16.9 Å². The standard InChI is InChI=1S/C18H20N4O6S/c1-8-11(16(18(26)27)22-15(8)14(9(2)23)17(22)25)4-20-5-13-21(7-20)10(6-29-13)3-12(24)19-28/h5-9,14-15,23H,3-4H2,1-2H3,(H2-,19,24,26,27,28)/p+1/t8-,9+,14+,15+/m0/s1. The van der Waals surface area contributed by atoms with Gasteiger partial charge in [0.2, 0.25) is 17.1 Å². The molecule has 4 atom stereocenters. The van der Waals surface area contributed by atoms with Crippen LogP contribution < -0.4 is 10.0 Å². The van der Waals surface area contributed by atoms with Gasteiger partial charge in [-0.25, -0.2) is 14.8 Å². The van der Waals surface area contributed by atoms with E-state index in [9.17, 15) is 24.6 Å². The van der Waals surface area contributed by atoms with Crippen LogP contribution in [0.25, 0.3) is 4.83 Å². The number of carboxylic acids is 1. The van der Waals surface area contributed by atoms with E-state index in [-0.39, 0.29) is 36.5 Å². The van der Waals surface area contributed by atoms with E-state index in [0.717, 1.165) is 4.83 Å². The summed E-state index contributed by atoms with van der Waals surface area (Å²) in [7, 11) is 0. The number of fused-ring (bicyclic) bond motifs is 2. The number of carbonyl (C=O) groups is 3. The Morgan fingerprint density at radius 3 is 2.76 bits per heavy atom. The number of thiazole rings is 1. The number of aliphatic carboxylic acids is 1. The van der Waals surface area contributed by atoms with Crippen LogP contribution in [0.3, 0.4) is 0 Å². The lowest BCUT2D eigenvalue weighted by molar-refractivity contribution is -0.688. The molecule has 154 valence electrons. The molecule has 29 heavy (non-hydrogen) atoms. The third-order valence-electron chi connectivity index (χ3n) is 5.74. The van der Waals surface area contributed by atoms with Crippen molar-refractivity contribution in [3.05, 3.63) is 34.9 Å². The molecule has 11 heteroatoms. The number of hydrogen-bond acceptors (Lipinski definition) is 6. The maximum absolute atomic E-state index is 12.4. The van der Waals surface area contributed by atoms with Crippen molar-refractivity contribution >= 4 is 34.0 Å². The summed E-state index contributed by atoms with van der Waals surface area (Å²) in [5, 5.41) is 30.2. The lowest BCUT2D eigenvalue weighted by Crippen LogP contribution is -2.63. The van der Waals surface area contributed by atoms with Crippen LogP contribution in [-0.2, 0) is 27.3 Å². The van der Waals surface area contributed by atoms with Crippen molar-refractivity contribution in [2.75, 3.05) is 0 Å². The Morgan fingerprint density at radius 2 is 2.14 bits per heavy atom. The van der Waals surface area contributed by atoms with Crippen LogP contribution in [0, 0.1) is 11.8 Å². The molecule has 0 aliphatic carbocycles. The number of β-lactam (4-membered cyclic amide) rings is 1. The molecule has 0 saturated carbocycles. The lowest BCUT2D eigenvalue weighted by Gasteiger charge is -2.46. The van der Waals surface area contributed by atoms with Crippen molar-refractivity contribution in [1.29, 1.82) is 0 Å². The third kappa shape index (κ3) is 2.93. The Balaban J connectivity index is 1.66. The summed E-state index contributed by atoms with van der Waals surface area (Å²) in [5.74, 6) is -2.85. The minimum atomic E-state index is -1.16. The average molecular weight is 421 g/mol. The molecule has 1 fully saturated rings. The van der Waals surface area contributed by atoms with E-state index in [2.05, 4.69) is 0 Å². The molecule has 0 spiro atoms. The molecule has 2 amide bonds. The maximum Gasteiger partial charge on any atom is 0.352 e. The number of aliphatic hydroxyl groups excluding tert-OH is 1. The van der Waals surface area contributed by atoms with E-state index in [1.54, 1.807) is 23.1 Å². The van der Waals surface area contributed by atoms with Gasteiger partial charge >= 0.3 is 5.97 Å². The second kappa shape index (κ2) is 6.94. The number of nitrogens with zero attached hydrogens (tertiary/aromatic N) is 3. The topological polar surface area (TPSA) is 135 Å². The number of aromatic nitrogens is 2. The summed E-state index contributed by atoms with van der Waals surface area (Å²) in [4.78, 5) is 37.9.